The first-order valence-corrected chi connectivity index (χ1v) is 8.13. The second-order valence-corrected chi connectivity index (χ2v) is 5.32. The van der Waals surface area contributed by atoms with E-state index in [0.29, 0.717) is 29.4 Å². The van der Waals surface area contributed by atoms with E-state index in [1.165, 1.54) is 13.4 Å². The van der Waals surface area contributed by atoms with Crippen molar-refractivity contribution in [2.24, 2.45) is 4.99 Å². The van der Waals surface area contributed by atoms with Gasteiger partial charge in [-0.25, -0.2) is 14.6 Å². The predicted octanol–water partition coefficient (Wildman–Crippen LogP) is 2.57. The molecule has 0 saturated carbocycles. The first kappa shape index (κ1) is 18.2. The molecule has 0 atom stereocenters. The van der Waals surface area contributed by atoms with E-state index in [0.717, 1.165) is 0 Å². The maximum Gasteiger partial charge on any atom is 0.363 e. The van der Waals surface area contributed by atoms with Gasteiger partial charge in [0.15, 0.2) is 29.6 Å². The van der Waals surface area contributed by atoms with Gasteiger partial charge < -0.3 is 23.4 Å². The summed E-state index contributed by atoms with van der Waals surface area (Å²) in [6.45, 7) is 1.99. The van der Waals surface area contributed by atoms with Crippen molar-refractivity contribution >= 4 is 23.9 Å². The lowest BCUT2D eigenvalue weighted by Crippen LogP contribution is -2.13. The summed E-state index contributed by atoms with van der Waals surface area (Å²) in [5.41, 5.74) is 0.785. The number of esters is 2. The van der Waals surface area contributed by atoms with Crippen LogP contribution in [0.4, 0.5) is 0 Å². The van der Waals surface area contributed by atoms with Gasteiger partial charge in [-0.15, -0.1) is 0 Å². The number of carbonyl (C=O) groups is 2. The number of hydrogen-bond acceptors (Lipinski definition) is 8. The van der Waals surface area contributed by atoms with Crippen molar-refractivity contribution in [2.45, 2.75) is 6.92 Å². The summed E-state index contributed by atoms with van der Waals surface area (Å²) in [6, 6.07) is 8.34. The fraction of sp³-hybridized carbons (Fsp3) is 0.211. The second-order valence-electron chi connectivity index (χ2n) is 5.32. The Balaban J connectivity index is 1.84. The van der Waals surface area contributed by atoms with Crippen LogP contribution in [0.15, 0.2) is 51.7 Å². The maximum atomic E-state index is 12.0. The smallest absolute Gasteiger partial charge is 0.363 e. The Morgan fingerprint density at radius 2 is 2.07 bits per heavy atom. The van der Waals surface area contributed by atoms with E-state index in [2.05, 4.69) is 9.73 Å². The molecular formula is C19H17NO7. The number of furan rings is 1. The van der Waals surface area contributed by atoms with Gasteiger partial charge in [0.2, 0.25) is 0 Å². The highest BCUT2D eigenvalue weighted by atomic mass is 16.6. The molecule has 27 heavy (non-hydrogen) atoms. The van der Waals surface area contributed by atoms with E-state index in [9.17, 15) is 9.59 Å². The van der Waals surface area contributed by atoms with E-state index in [1.807, 2.05) is 6.92 Å². The van der Waals surface area contributed by atoms with Gasteiger partial charge in [0, 0.05) is 0 Å². The highest BCUT2D eigenvalue weighted by Gasteiger charge is 2.25. The minimum atomic E-state index is -0.578. The molecular weight excluding hydrogens is 354 g/mol. The van der Waals surface area contributed by atoms with Crippen molar-refractivity contribution in [3.8, 4) is 11.5 Å². The zero-order chi connectivity index (χ0) is 19.2. The molecule has 1 aliphatic heterocycles. The van der Waals surface area contributed by atoms with Crippen LogP contribution >= 0.6 is 0 Å². The monoisotopic (exact) mass is 371 g/mol. The maximum absolute atomic E-state index is 12.0. The Morgan fingerprint density at radius 3 is 2.78 bits per heavy atom. The van der Waals surface area contributed by atoms with Crippen LogP contribution in [0, 0.1) is 0 Å². The summed E-state index contributed by atoms with van der Waals surface area (Å²) in [6.07, 6.45) is 3.03. The van der Waals surface area contributed by atoms with Crippen LogP contribution in [0.5, 0.6) is 11.5 Å². The fourth-order valence-corrected chi connectivity index (χ4v) is 2.27. The number of rotatable bonds is 7. The number of methoxy groups -OCH3 is 1. The average Bonchev–Trinajstić information content (AvgIpc) is 3.31. The number of nitrogens with zero attached hydrogens (tertiary/aromatic N) is 1. The normalized spacial score (nSPS) is 14.7. The van der Waals surface area contributed by atoms with Crippen molar-refractivity contribution in [1.82, 2.24) is 0 Å². The molecule has 0 unspecified atom stereocenters. The SMILES string of the molecule is CCOc1cc(/C=C2\N=C(c3ccco3)OC2=O)ccc1OCC(=O)OC. The lowest BCUT2D eigenvalue weighted by atomic mass is 10.1. The molecule has 1 aliphatic rings. The Labute approximate surface area is 155 Å². The first-order chi connectivity index (χ1) is 13.1. The molecule has 2 aromatic rings. The standard InChI is InChI=1S/C19H17NO7/c1-3-24-16-10-12(6-7-14(16)26-11-17(21)23-2)9-13-19(22)27-18(20-13)15-5-4-8-25-15/h4-10H,3,11H2,1-2H3/b13-9-. The summed E-state index contributed by atoms with van der Waals surface area (Å²) in [7, 11) is 1.28. The molecule has 0 radical (unpaired) electrons. The average molecular weight is 371 g/mol. The van der Waals surface area contributed by atoms with Crippen molar-refractivity contribution in [3.05, 3.63) is 53.6 Å². The van der Waals surface area contributed by atoms with Gasteiger partial charge in [0.25, 0.3) is 5.90 Å². The van der Waals surface area contributed by atoms with Crippen molar-refractivity contribution in [3.63, 3.8) is 0 Å². The molecule has 0 aliphatic carbocycles. The van der Waals surface area contributed by atoms with Crippen LogP contribution in [0.25, 0.3) is 6.08 Å². The molecule has 0 saturated heterocycles. The Kier molecular flexibility index (Phi) is 5.55. The van der Waals surface area contributed by atoms with Gasteiger partial charge in [-0.2, -0.15) is 0 Å². The fourth-order valence-electron chi connectivity index (χ4n) is 2.27. The Hall–Kier alpha value is -3.55. The molecule has 1 aromatic carbocycles. The molecule has 8 heteroatoms. The zero-order valence-electron chi connectivity index (χ0n) is 14.8. The van der Waals surface area contributed by atoms with Crippen LogP contribution in [0.1, 0.15) is 18.2 Å². The van der Waals surface area contributed by atoms with E-state index < -0.39 is 11.9 Å². The quantitative estimate of drug-likeness (QED) is 0.545. The number of cyclic esters (lactones) is 1. The summed E-state index contributed by atoms with van der Waals surface area (Å²) in [5, 5.41) is 0. The molecule has 1 aromatic heterocycles. The number of benzene rings is 1. The first-order valence-electron chi connectivity index (χ1n) is 8.13. The summed E-state index contributed by atoms with van der Waals surface area (Å²) < 4.78 is 25.8. The third-order valence-electron chi connectivity index (χ3n) is 3.50. The van der Waals surface area contributed by atoms with E-state index >= 15 is 0 Å². The van der Waals surface area contributed by atoms with Gasteiger partial charge in [0.05, 0.1) is 20.0 Å². The van der Waals surface area contributed by atoms with Crippen LogP contribution in [-0.2, 0) is 19.1 Å². The molecule has 0 amide bonds. The van der Waals surface area contributed by atoms with Crippen LogP contribution in [-0.4, -0.2) is 38.2 Å². The van der Waals surface area contributed by atoms with Crippen molar-refractivity contribution in [2.75, 3.05) is 20.3 Å². The van der Waals surface area contributed by atoms with Gasteiger partial charge in [0.1, 0.15) is 0 Å². The highest BCUT2D eigenvalue weighted by Crippen LogP contribution is 2.30. The number of aliphatic imine (C=N–C) groups is 1. The summed E-state index contributed by atoms with van der Waals surface area (Å²) >= 11 is 0. The number of ether oxygens (including phenoxy) is 4. The Morgan fingerprint density at radius 1 is 1.22 bits per heavy atom. The highest BCUT2D eigenvalue weighted by molar-refractivity contribution is 6.11. The molecule has 2 heterocycles. The lowest BCUT2D eigenvalue weighted by Gasteiger charge is -2.11. The van der Waals surface area contributed by atoms with Gasteiger partial charge in [-0.3, -0.25) is 0 Å². The zero-order valence-corrected chi connectivity index (χ0v) is 14.8. The molecule has 0 N–H and O–H groups in total. The molecule has 140 valence electrons. The minimum Gasteiger partial charge on any atom is -0.490 e. The van der Waals surface area contributed by atoms with Gasteiger partial charge in [-0.1, -0.05) is 6.07 Å². The molecule has 0 fully saturated rings. The van der Waals surface area contributed by atoms with Gasteiger partial charge >= 0.3 is 11.9 Å². The second kappa shape index (κ2) is 8.22. The van der Waals surface area contributed by atoms with Gasteiger partial charge in [-0.05, 0) is 42.8 Å². The third kappa shape index (κ3) is 4.35. The summed E-state index contributed by atoms with van der Waals surface area (Å²) in [4.78, 5) is 27.4. The topological polar surface area (TPSA) is 96.6 Å². The predicted molar refractivity (Wildman–Crippen MR) is 94.4 cm³/mol. The van der Waals surface area contributed by atoms with E-state index in [4.69, 9.17) is 18.6 Å². The van der Waals surface area contributed by atoms with Crippen LogP contribution in [0.3, 0.4) is 0 Å². The van der Waals surface area contributed by atoms with E-state index in [-0.39, 0.29) is 18.2 Å². The Bertz CT molecular complexity index is 897. The molecule has 3 rings (SSSR count). The lowest BCUT2D eigenvalue weighted by molar-refractivity contribution is -0.143. The van der Waals surface area contributed by atoms with E-state index in [1.54, 1.807) is 36.4 Å². The molecule has 0 spiro atoms. The third-order valence-corrected chi connectivity index (χ3v) is 3.50. The minimum absolute atomic E-state index is 0.110. The van der Waals surface area contributed by atoms with Crippen LogP contribution < -0.4 is 9.47 Å². The largest absolute Gasteiger partial charge is 0.490 e. The number of carbonyl (C=O) groups excluding carboxylic acids is 2. The molecule has 0 bridgehead atoms. The summed E-state index contributed by atoms with van der Waals surface area (Å²) in [5.74, 6) is 0.214. The number of hydrogen-bond donors (Lipinski definition) is 0. The van der Waals surface area contributed by atoms with Crippen LogP contribution in [0.2, 0.25) is 0 Å². The van der Waals surface area contributed by atoms with Crippen molar-refractivity contribution < 1.29 is 33.0 Å². The molecule has 8 nitrogen and oxygen atoms in total. The van der Waals surface area contributed by atoms with Crippen molar-refractivity contribution in [1.29, 1.82) is 0 Å².